The first-order chi connectivity index (χ1) is 9.15. The maximum Gasteiger partial charge on any atom is 0.226 e. The number of hydrogen-bond donors (Lipinski definition) is 1. The molecule has 2 rings (SSSR count). The predicted octanol–water partition coefficient (Wildman–Crippen LogP) is 2.67. The molecule has 1 aliphatic rings. The smallest absolute Gasteiger partial charge is 0.226 e. The van der Waals surface area contributed by atoms with Crippen molar-refractivity contribution in [2.24, 2.45) is 5.92 Å². The number of nitrogens with one attached hydrogen (secondary N) is 1. The molecule has 1 aromatic rings. The number of amides is 1. The van der Waals surface area contributed by atoms with Crippen LogP contribution in [0.2, 0.25) is 0 Å². The third kappa shape index (κ3) is 3.53. The van der Waals surface area contributed by atoms with Crippen molar-refractivity contribution >= 4 is 18.3 Å². The molecule has 0 radical (unpaired) electrons. The van der Waals surface area contributed by atoms with Crippen molar-refractivity contribution in [3.63, 3.8) is 0 Å². The number of halogens is 1. The first kappa shape index (κ1) is 17.0. The Morgan fingerprint density at radius 2 is 2.05 bits per heavy atom. The van der Waals surface area contributed by atoms with Gasteiger partial charge in [0.25, 0.3) is 0 Å². The van der Waals surface area contributed by atoms with Crippen LogP contribution < -0.4 is 5.32 Å². The molecule has 1 N–H and O–H groups in total. The fourth-order valence-electron chi connectivity index (χ4n) is 3.07. The van der Waals surface area contributed by atoms with Crippen molar-refractivity contribution in [2.45, 2.75) is 32.2 Å². The summed E-state index contributed by atoms with van der Waals surface area (Å²) >= 11 is 0. The SMILES string of the molecule is CNCC(C)C(=O)N1CCC(c2ccccc2)C1C.Cl. The van der Waals surface area contributed by atoms with Crippen LogP contribution >= 0.6 is 12.4 Å². The molecular weight excluding hydrogens is 272 g/mol. The van der Waals surface area contributed by atoms with Crippen molar-refractivity contribution in [1.29, 1.82) is 0 Å². The number of benzene rings is 1. The van der Waals surface area contributed by atoms with Crippen LogP contribution in [0.25, 0.3) is 0 Å². The van der Waals surface area contributed by atoms with Gasteiger partial charge in [0.1, 0.15) is 0 Å². The minimum Gasteiger partial charge on any atom is -0.339 e. The second-order valence-electron chi connectivity index (χ2n) is 5.54. The van der Waals surface area contributed by atoms with E-state index in [0.29, 0.717) is 12.0 Å². The van der Waals surface area contributed by atoms with E-state index in [1.807, 2.05) is 20.0 Å². The molecule has 3 unspecified atom stereocenters. The summed E-state index contributed by atoms with van der Waals surface area (Å²) in [4.78, 5) is 14.5. The van der Waals surface area contributed by atoms with Gasteiger partial charge >= 0.3 is 0 Å². The first-order valence-electron chi connectivity index (χ1n) is 7.15. The molecular formula is C16H25ClN2O. The van der Waals surface area contributed by atoms with Crippen LogP contribution in [0.3, 0.4) is 0 Å². The van der Waals surface area contributed by atoms with Crippen molar-refractivity contribution in [1.82, 2.24) is 10.2 Å². The number of hydrogen-bond acceptors (Lipinski definition) is 2. The zero-order valence-electron chi connectivity index (χ0n) is 12.5. The molecule has 1 heterocycles. The van der Waals surface area contributed by atoms with E-state index in [1.165, 1.54) is 5.56 Å². The summed E-state index contributed by atoms with van der Waals surface area (Å²) in [5, 5.41) is 3.08. The normalized spacial score (nSPS) is 23.2. The van der Waals surface area contributed by atoms with E-state index < -0.39 is 0 Å². The summed E-state index contributed by atoms with van der Waals surface area (Å²) in [6, 6.07) is 10.8. The molecule has 1 aromatic carbocycles. The average molecular weight is 297 g/mol. The topological polar surface area (TPSA) is 32.3 Å². The van der Waals surface area contributed by atoms with E-state index in [2.05, 4.69) is 41.4 Å². The lowest BCUT2D eigenvalue weighted by Gasteiger charge is -2.27. The maximum atomic E-state index is 12.4. The van der Waals surface area contributed by atoms with Crippen molar-refractivity contribution in [3.05, 3.63) is 35.9 Å². The van der Waals surface area contributed by atoms with Gasteiger partial charge in [-0.1, -0.05) is 37.3 Å². The highest BCUT2D eigenvalue weighted by molar-refractivity contribution is 5.85. The van der Waals surface area contributed by atoms with Crippen LogP contribution in [0.1, 0.15) is 31.7 Å². The molecule has 0 aromatic heterocycles. The van der Waals surface area contributed by atoms with Gasteiger partial charge < -0.3 is 10.2 Å². The highest BCUT2D eigenvalue weighted by Gasteiger charge is 2.35. The third-order valence-corrected chi connectivity index (χ3v) is 4.20. The fourth-order valence-corrected chi connectivity index (χ4v) is 3.07. The van der Waals surface area contributed by atoms with Gasteiger partial charge in [-0.25, -0.2) is 0 Å². The summed E-state index contributed by atoms with van der Waals surface area (Å²) in [5.74, 6) is 0.814. The Morgan fingerprint density at radius 1 is 1.40 bits per heavy atom. The van der Waals surface area contributed by atoms with Gasteiger partial charge in [-0.3, -0.25) is 4.79 Å². The lowest BCUT2D eigenvalue weighted by atomic mass is 9.92. The number of rotatable bonds is 4. The Kier molecular flexibility index (Phi) is 6.50. The third-order valence-electron chi connectivity index (χ3n) is 4.20. The molecule has 1 aliphatic heterocycles. The molecule has 0 aliphatic carbocycles. The number of carbonyl (C=O) groups excluding carboxylic acids is 1. The Morgan fingerprint density at radius 3 is 2.65 bits per heavy atom. The van der Waals surface area contributed by atoms with Crippen molar-refractivity contribution < 1.29 is 4.79 Å². The summed E-state index contributed by atoms with van der Waals surface area (Å²) in [6.45, 7) is 5.81. The second-order valence-corrected chi connectivity index (χ2v) is 5.54. The number of likely N-dealkylation sites (tertiary alicyclic amines) is 1. The van der Waals surface area contributed by atoms with E-state index >= 15 is 0 Å². The average Bonchev–Trinajstić information content (AvgIpc) is 2.81. The van der Waals surface area contributed by atoms with Crippen LogP contribution in [0.4, 0.5) is 0 Å². The van der Waals surface area contributed by atoms with Crippen molar-refractivity contribution in [2.75, 3.05) is 20.1 Å². The molecule has 0 saturated carbocycles. The Balaban J connectivity index is 0.00000200. The second kappa shape index (κ2) is 7.65. The predicted molar refractivity (Wildman–Crippen MR) is 85.3 cm³/mol. The van der Waals surface area contributed by atoms with E-state index in [4.69, 9.17) is 0 Å². The van der Waals surface area contributed by atoms with Gasteiger partial charge in [0.05, 0.1) is 0 Å². The van der Waals surface area contributed by atoms with Crippen molar-refractivity contribution in [3.8, 4) is 0 Å². The lowest BCUT2D eigenvalue weighted by Crippen LogP contribution is -2.41. The Hall–Kier alpha value is -1.06. The van der Waals surface area contributed by atoms with Crippen LogP contribution in [0.15, 0.2) is 30.3 Å². The summed E-state index contributed by atoms with van der Waals surface area (Å²) < 4.78 is 0. The van der Waals surface area contributed by atoms with Gasteiger partial charge in [-0.15, -0.1) is 12.4 Å². The van der Waals surface area contributed by atoms with Gasteiger partial charge in [-0.2, -0.15) is 0 Å². The molecule has 20 heavy (non-hydrogen) atoms. The van der Waals surface area contributed by atoms with Crippen LogP contribution in [-0.4, -0.2) is 37.0 Å². The lowest BCUT2D eigenvalue weighted by molar-refractivity contribution is -0.135. The molecule has 3 nitrogen and oxygen atoms in total. The Labute approximate surface area is 128 Å². The molecule has 1 saturated heterocycles. The fraction of sp³-hybridized carbons (Fsp3) is 0.562. The largest absolute Gasteiger partial charge is 0.339 e. The zero-order valence-corrected chi connectivity index (χ0v) is 13.3. The number of carbonyl (C=O) groups is 1. The molecule has 3 atom stereocenters. The van der Waals surface area contributed by atoms with Crippen LogP contribution in [-0.2, 0) is 4.79 Å². The Bertz CT molecular complexity index is 424. The summed E-state index contributed by atoms with van der Waals surface area (Å²) in [6.07, 6.45) is 1.07. The molecule has 0 spiro atoms. The highest BCUT2D eigenvalue weighted by Crippen LogP contribution is 2.33. The van der Waals surface area contributed by atoms with Gasteiger partial charge in [0.15, 0.2) is 0 Å². The van der Waals surface area contributed by atoms with E-state index in [9.17, 15) is 4.79 Å². The van der Waals surface area contributed by atoms with Crippen LogP contribution in [0.5, 0.6) is 0 Å². The number of nitrogens with zero attached hydrogens (tertiary/aromatic N) is 1. The van der Waals surface area contributed by atoms with E-state index in [0.717, 1.165) is 19.5 Å². The monoisotopic (exact) mass is 296 g/mol. The molecule has 0 bridgehead atoms. The minimum absolute atomic E-state index is 0. The first-order valence-corrected chi connectivity index (χ1v) is 7.15. The van der Waals surface area contributed by atoms with E-state index in [-0.39, 0.29) is 24.2 Å². The molecule has 4 heteroatoms. The van der Waals surface area contributed by atoms with Gasteiger partial charge in [0.2, 0.25) is 5.91 Å². The quantitative estimate of drug-likeness (QED) is 0.926. The standard InChI is InChI=1S/C16H24N2O.ClH/c1-12(11-17-3)16(19)18-10-9-15(13(18)2)14-7-5-4-6-8-14;/h4-8,12-13,15,17H,9-11H2,1-3H3;1H. The molecule has 112 valence electrons. The summed E-state index contributed by atoms with van der Waals surface area (Å²) in [7, 11) is 1.89. The molecule has 1 fully saturated rings. The zero-order chi connectivity index (χ0) is 13.8. The minimum atomic E-state index is 0. The van der Waals surface area contributed by atoms with Crippen LogP contribution in [0, 0.1) is 5.92 Å². The maximum absolute atomic E-state index is 12.4. The van der Waals surface area contributed by atoms with Gasteiger partial charge in [-0.05, 0) is 26.0 Å². The molecule has 1 amide bonds. The van der Waals surface area contributed by atoms with Gasteiger partial charge in [0, 0.05) is 31.0 Å². The highest BCUT2D eigenvalue weighted by atomic mass is 35.5. The van der Waals surface area contributed by atoms with E-state index in [1.54, 1.807) is 0 Å². The summed E-state index contributed by atoms with van der Waals surface area (Å²) in [5.41, 5.74) is 1.35.